The molecular weight excluding hydrogens is 92.1 g/mol. The van der Waals surface area contributed by atoms with Gasteiger partial charge in [-0.1, -0.05) is 13.8 Å². The van der Waals surface area contributed by atoms with Gasteiger partial charge in [0.15, 0.2) is 0 Å². The zero-order valence-electron chi connectivity index (χ0n) is 4.27. The van der Waals surface area contributed by atoms with Crippen LogP contribution in [0.3, 0.4) is 0 Å². The van der Waals surface area contributed by atoms with Gasteiger partial charge in [0, 0.05) is 10.5 Å². The van der Waals surface area contributed by atoms with Gasteiger partial charge in [-0.25, -0.2) is 0 Å². The van der Waals surface area contributed by atoms with Gasteiger partial charge in [-0.2, -0.15) is 11.8 Å². The Morgan fingerprint density at radius 2 is 1.67 bits per heavy atom. The van der Waals surface area contributed by atoms with Crippen LogP contribution in [0.4, 0.5) is 0 Å². The normalized spacial score (nSPS) is 45.0. The Morgan fingerprint density at radius 1 is 1.33 bits per heavy atom. The summed E-state index contributed by atoms with van der Waals surface area (Å²) in [5.74, 6) is 0. The molecule has 1 heteroatoms. The van der Waals surface area contributed by atoms with Crippen LogP contribution in [0.5, 0.6) is 0 Å². The highest BCUT2D eigenvalue weighted by molar-refractivity contribution is 8.01. The number of rotatable bonds is 0. The van der Waals surface area contributed by atoms with Crippen LogP contribution < -0.4 is 0 Å². The smallest absolute Gasteiger partial charge is 0.00318 e. The van der Waals surface area contributed by atoms with Crippen molar-refractivity contribution in [1.82, 2.24) is 0 Å². The molecule has 0 unspecified atom stereocenters. The summed E-state index contributed by atoms with van der Waals surface area (Å²) in [6, 6.07) is 0. The van der Waals surface area contributed by atoms with Crippen LogP contribution >= 0.6 is 11.8 Å². The Morgan fingerprint density at radius 3 is 1.67 bits per heavy atom. The Hall–Kier alpha value is 0.350. The van der Waals surface area contributed by atoms with E-state index in [2.05, 4.69) is 25.6 Å². The van der Waals surface area contributed by atoms with E-state index in [9.17, 15) is 0 Å². The number of hydrogen-bond donors (Lipinski definition) is 0. The molecule has 0 amide bonds. The molecule has 0 N–H and O–H groups in total. The third kappa shape index (κ3) is 0.700. The minimum absolute atomic E-state index is 0.958. The van der Waals surface area contributed by atoms with E-state index in [1.54, 1.807) is 0 Å². The maximum Gasteiger partial charge on any atom is 0.00318 e. The Kier molecular flexibility index (Phi) is 1.09. The summed E-state index contributed by atoms with van der Waals surface area (Å²) in [4.78, 5) is 0. The lowest BCUT2D eigenvalue weighted by Gasteiger charge is -2.28. The molecule has 0 aromatic rings. The molecule has 1 saturated heterocycles. The number of thioether (sulfide) groups is 1. The summed E-state index contributed by atoms with van der Waals surface area (Å²) in [6.07, 6.45) is 1.44. The average molecular weight is 102 g/mol. The van der Waals surface area contributed by atoms with Crippen molar-refractivity contribution in [1.29, 1.82) is 0 Å². The van der Waals surface area contributed by atoms with Gasteiger partial charge >= 0.3 is 0 Å². The lowest BCUT2D eigenvalue weighted by molar-refractivity contribution is 0.740. The van der Waals surface area contributed by atoms with E-state index in [4.69, 9.17) is 0 Å². The van der Waals surface area contributed by atoms with Gasteiger partial charge in [0.1, 0.15) is 0 Å². The van der Waals surface area contributed by atoms with E-state index >= 15 is 0 Å². The Labute approximate surface area is 43.3 Å². The topological polar surface area (TPSA) is 0 Å². The second kappa shape index (κ2) is 1.45. The predicted molar refractivity (Wildman–Crippen MR) is 31.1 cm³/mol. The summed E-state index contributed by atoms with van der Waals surface area (Å²) in [5, 5.41) is 1.92. The lowest BCUT2D eigenvalue weighted by Crippen LogP contribution is -2.19. The molecule has 0 saturated carbocycles. The molecule has 1 aliphatic rings. The second-order valence-corrected chi connectivity index (χ2v) is 3.87. The molecular formula is C5H10S. The third-order valence-electron chi connectivity index (χ3n) is 1.13. The van der Waals surface area contributed by atoms with Crippen LogP contribution in [0.2, 0.25) is 0 Å². The number of hydrogen-bond acceptors (Lipinski definition) is 1. The van der Waals surface area contributed by atoms with E-state index in [0.29, 0.717) is 0 Å². The fourth-order valence-electron chi connectivity index (χ4n) is 0.853. The predicted octanol–water partition coefficient (Wildman–Crippen LogP) is 1.90. The molecule has 1 aliphatic heterocycles. The Bertz CT molecular complexity index is 39.9. The summed E-state index contributed by atoms with van der Waals surface area (Å²) in [7, 11) is 0. The molecule has 0 aliphatic carbocycles. The zero-order chi connectivity index (χ0) is 4.57. The van der Waals surface area contributed by atoms with Crippen LogP contribution in [-0.4, -0.2) is 10.5 Å². The van der Waals surface area contributed by atoms with E-state index in [1.165, 1.54) is 6.42 Å². The third-order valence-corrected chi connectivity index (χ3v) is 2.44. The Balaban J connectivity index is 2.11. The van der Waals surface area contributed by atoms with Gasteiger partial charge < -0.3 is 0 Å². The molecule has 1 fully saturated rings. The van der Waals surface area contributed by atoms with Crippen molar-refractivity contribution in [2.45, 2.75) is 30.8 Å². The van der Waals surface area contributed by atoms with E-state index in [1.807, 2.05) is 0 Å². The zero-order valence-corrected chi connectivity index (χ0v) is 5.09. The molecule has 0 aromatic heterocycles. The van der Waals surface area contributed by atoms with E-state index < -0.39 is 0 Å². The first-order chi connectivity index (χ1) is 2.79. The maximum absolute atomic E-state index is 2.28. The average Bonchev–Trinajstić information content (AvgIpc) is 1.33. The summed E-state index contributed by atoms with van der Waals surface area (Å²) >= 11 is 2.08. The molecule has 0 spiro atoms. The highest BCUT2D eigenvalue weighted by atomic mass is 32.2. The first-order valence-corrected chi connectivity index (χ1v) is 3.39. The molecule has 0 aromatic carbocycles. The SMILES string of the molecule is C[C@@H]1C[C@H](C)S1. The minimum atomic E-state index is 0.958. The van der Waals surface area contributed by atoms with Crippen molar-refractivity contribution in [3.63, 3.8) is 0 Å². The molecule has 1 rings (SSSR count). The van der Waals surface area contributed by atoms with Crippen molar-refractivity contribution in [2.75, 3.05) is 0 Å². The monoisotopic (exact) mass is 102 g/mol. The van der Waals surface area contributed by atoms with Gasteiger partial charge in [0.05, 0.1) is 0 Å². The van der Waals surface area contributed by atoms with Crippen molar-refractivity contribution in [2.24, 2.45) is 0 Å². The fraction of sp³-hybridized carbons (Fsp3) is 1.00. The van der Waals surface area contributed by atoms with E-state index in [0.717, 1.165) is 10.5 Å². The molecule has 1 heterocycles. The first kappa shape index (κ1) is 4.51. The van der Waals surface area contributed by atoms with Crippen LogP contribution in [0.25, 0.3) is 0 Å². The summed E-state index contributed by atoms with van der Waals surface area (Å²) < 4.78 is 0. The van der Waals surface area contributed by atoms with Crippen molar-refractivity contribution in [3.05, 3.63) is 0 Å². The van der Waals surface area contributed by atoms with Crippen LogP contribution in [0, 0.1) is 0 Å². The highest BCUT2D eigenvalue weighted by Crippen LogP contribution is 2.34. The minimum Gasteiger partial charge on any atom is -0.156 e. The molecule has 0 nitrogen and oxygen atoms in total. The lowest BCUT2D eigenvalue weighted by atomic mass is 10.2. The summed E-state index contributed by atoms with van der Waals surface area (Å²) in [6.45, 7) is 4.56. The van der Waals surface area contributed by atoms with Gasteiger partial charge in [-0.05, 0) is 6.42 Å². The van der Waals surface area contributed by atoms with Gasteiger partial charge in [0.25, 0.3) is 0 Å². The van der Waals surface area contributed by atoms with Crippen molar-refractivity contribution >= 4 is 11.8 Å². The first-order valence-electron chi connectivity index (χ1n) is 2.44. The largest absolute Gasteiger partial charge is 0.156 e. The molecule has 0 radical (unpaired) electrons. The van der Waals surface area contributed by atoms with Crippen LogP contribution in [0.1, 0.15) is 20.3 Å². The quantitative estimate of drug-likeness (QED) is 0.450. The standard InChI is InChI=1S/C5H10S/c1-4-3-5(2)6-4/h4-5H,3H2,1-2H3/t4-,5+. The molecule has 2 atom stereocenters. The van der Waals surface area contributed by atoms with Crippen LogP contribution in [0.15, 0.2) is 0 Å². The van der Waals surface area contributed by atoms with E-state index in [-0.39, 0.29) is 0 Å². The van der Waals surface area contributed by atoms with Gasteiger partial charge in [-0.15, -0.1) is 0 Å². The molecule has 0 bridgehead atoms. The van der Waals surface area contributed by atoms with Crippen molar-refractivity contribution < 1.29 is 0 Å². The highest BCUT2D eigenvalue weighted by Gasteiger charge is 2.20. The van der Waals surface area contributed by atoms with Crippen molar-refractivity contribution in [3.8, 4) is 0 Å². The molecule has 36 valence electrons. The maximum atomic E-state index is 2.28. The summed E-state index contributed by atoms with van der Waals surface area (Å²) in [5.41, 5.74) is 0. The fourth-order valence-corrected chi connectivity index (χ4v) is 2.09. The van der Waals surface area contributed by atoms with Crippen LogP contribution in [-0.2, 0) is 0 Å². The van der Waals surface area contributed by atoms with Gasteiger partial charge in [0.2, 0.25) is 0 Å². The van der Waals surface area contributed by atoms with Gasteiger partial charge in [-0.3, -0.25) is 0 Å². The second-order valence-electron chi connectivity index (χ2n) is 1.99. The molecule has 6 heavy (non-hydrogen) atoms.